The van der Waals surface area contributed by atoms with Crippen LogP contribution in [0.25, 0.3) is 6.08 Å². The number of halogens is 1. The number of benzene rings is 1. The number of ether oxygens (including phenoxy) is 1. The Balaban J connectivity index is 2.50. The third-order valence-electron chi connectivity index (χ3n) is 4.29. The topological polar surface area (TPSA) is 104 Å². The summed E-state index contributed by atoms with van der Waals surface area (Å²) in [5, 5.41) is 29.8. The molecule has 0 bridgehead atoms. The zero-order chi connectivity index (χ0) is 19.4. The fraction of sp³-hybridized carbons (Fsp3) is 0.368. The molecule has 1 aromatic carbocycles. The van der Waals surface area contributed by atoms with Crippen LogP contribution in [-0.4, -0.2) is 45.4 Å². The summed E-state index contributed by atoms with van der Waals surface area (Å²) in [5.41, 5.74) is -0.525. The van der Waals surface area contributed by atoms with Crippen molar-refractivity contribution in [2.45, 2.75) is 38.6 Å². The number of carbonyl (C=O) groups is 2. The van der Waals surface area contributed by atoms with Gasteiger partial charge in [0.15, 0.2) is 5.78 Å². The average Bonchev–Trinajstić information content (AvgIpc) is 2.60. The first kappa shape index (κ1) is 19.8. The van der Waals surface area contributed by atoms with E-state index in [-0.39, 0.29) is 17.5 Å². The molecule has 0 fully saturated rings. The first-order chi connectivity index (χ1) is 12.2. The lowest BCUT2D eigenvalue weighted by Gasteiger charge is -2.20. The standard InChI is InChI=1S/C19H21FO6/c1-10-6-8-16(23)18(24)15(22)5-3-4-12-13(20)7-9-14(21)17(12)19(25)26-11(10)2/h3-4,6-11,15,18,21-22,24H,5H2,1-2H3/b4-3+,8-6-/t10-,11+,15+,18+/m1/s1. The lowest BCUT2D eigenvalue weighted by atomic mass is 9.99. The minimum atomic E-state index is -1.63. The van der Waals surface area contributed by atoms with Crippen molar-refractivity contribution < 1.29 is 34.0 Å². The number of hydrogen-bond donors (Lipinski definition) is 3. The Kier molecular flexibility index (Phi) is 6.28. The molecule has 140 valence electrons. The highest BCUT2D eigenvalue weighted by molar-refractivity contribution is 5.97. The van der Waals surface area contributed by atoms with Crippen LogP contribution in [0.5, 0.6) is 5.75 Å². The second-order valence-electron chi connectivity index (χ2n) is 6.24. The molecule has 0 saturated carbocycles. The highest BCUT2D eigenvalue weighted by Gasteiger charge is 2.25. The Morgan fingerprint density at radius 3 is 2.54 bits per heavy atom. The fourth-order valence-electron chi connectivity index (χ4n) is 2.44. The van der Waals surface area contributed by atoms with E-state index in [0.717, 1.165) is 18.2 Å². The normalized spacial score (nSPS) is 30.0. The molecule has 0 radical (unpaired) electrons. The number of aliphatic hydroxyl groups is 2. The first-order valence-electron chi connectivity index (χ1n) is 8.19. The number of aliphatic hydroxyl groups excluding tert-OH is 2. The summed E-state index contributed by atoms with van der Waals surface area (Å²) in [5.74, 6) is -3.18. The molecule has 1 aromatic rings. The molecule has 0 spiro atoms. The van der Waals surface area contributed by atoms with Crippen molar-refractivity contribution in [2.24, 2.45) is 5.92 Å². The number of aromatic hydroxyl groups is 1. The van der Waals surface area contributed by atoms with Crippen molar-refractivity contribution in [3.63, 3.8) is 0 Å². The van der Waals surface area contributed by atoms with Crippen molar-refractivity contribution in [3.05, 3.63) is 47.3 Å². The number of cyclic esters (lactones) is 1. The van der Waals surface area contributed by atoms with Crippen LogP contribution in [0.4, 0.5) is 4.39 Å². The van der Waals surface area contributed by atoms with Crippen LogP contribution in [-0.2, 0) is 9.53 Å². The van der Waals surface area contributed by atoms with Crippen LogP contribution in [0.2, 0.25) is 0 Å². The minimum absolute atomic E-state index is 0.156. The van der Waals surface area contributed by atoms with E-state index in [9.17, 15) is 29.3 Å². The van der Waals surface area contributed by atoms with Gasteiger partial charge in [0.25, 0.3) is 0 Å². The summed E-state index contributed by atoms with van der Waals surface area (Å²) in [6.45, 7) is 3.27. The number of esters is 1. The molecule has 0 saturated heterocycles. The SMILES string of the molecule is C[C@@H]1/C=C\C(=O)[C@@H](O)[C@@H](O)C/C=C/c2c(F)ccc(O)c2C(=O)O[C@H]1C. The molecule has 0 unspecified atom stereocenters. The third kappa shape index (κ3) is 4.36. The Morgan fingerprint density at radius 1 is 1.15 bits per heavy atom. The Morgan fingerprint density at radius 2 is 1.85 bits per heavy atom. The van der Waals surface area contributed by atoms with Gasteiger partial charge in [0.1, 0.15) is 29.3 Å². The summed E-state index contributed by atoms with van der Waals surface area (Å²) >= 11 is 0. The molecule has 1 heterocycles. The van der Waals surface area contributed by atoms with E-state index in [1.165, 1.54) is 18.2 Å². The van der Waals surface area contributed by atoms with E-state index in [1.807, 2.05) is 0 Å². The van der Waals surface area contributed by atoms with Crippen LogP contribution < -0.4 is 0 Å². The maximum atomic E-state index is 14.2. The lowest BCUT2D eigenvalue weighted by Crippen LogP contribution is -2.32. The molecule has 26 heavy (non-hydrogen) atoms. The molecule has 0 aromatic heterocycles. The van der Waals surface area contributed by atoms with Gasteiger partial charge in [-0.1, -0.05) is 25.2 Å². The van der Waals surface area contributed by atoms with Crippen molar-refractivity contribution in [1.29, 1.82) is 0 Å². The molecular formula is C19H21FO6. The van der Waals surface area contributed by atoms with Gasteiger partial charge in [0, 0.05) is 11.5 Å². The zero-order valence-corrected chi connectivity index (χ0v) is 14.4. The molecule has 1 aliphatic rings. The van der Waals surface area contributed by atoms with Crippen molar-refractivity contribution in [2.75, 3.05) is 0 Å². The lowest BCUT2D eigenvalue weighted by molar-refractivity contribution is -0.127. The summed E-state index contributed by atoms with van der Waals surface area (Å²) in [4.78, 5) is 24.3. The van der Waals surface area contributed by atoms with Crippen molar-refractivity contribution in [1.82, 2.24) is 0 Å². The van der Waals surface area contributed by atoms with Crippen LogP contribution >= 0.6 is 0 Å². The van der Waals surface area contributed by atoms with Gasteiger partial charge in [-0.15, -0.1) is 0 Å². The smallest absolute Gasteiger partial charge is 0.342 e. The molecule has 4 atom stereocenters. The van der Waals surface area contributed by atoms with Crippen molar-refractivity contribution in [3.8, 4) is 5.75 Å². The largest absolute Gasteiger partial charge is 0.507 e. The number of carbonyl (C=O) groups excluding carboxylic acids is 2. The molecule has 1 aliphatic heterocycles. The minimum Gasteiger partial charge on any atom is -0.507 e. The van der Waals surface area contributed by atoms with Gasteiger partial charge in [0.2, 0.25) is 0 Å². The molecule has 7 heteroatoms. The number of phenols is 1. The molecule has 0 amide bonds. The maximum absolute atomic E-state index is 14.2. The first-order valence-corrected chi connectivity index (χ1v) is 8.19. The molecule has 3 N–H and O–H groups in total. The fourth-order valence-corrected chi connectivity index (χ4v) is 2.44. The summed E-state index contributed by atoms with van der Waals surface area (Å²) in [7, 11) is 0. The number of phenolic OH excluding ortho intramolecular Hbond substituents is 1. The van der Waals surface area contributed by atoms with Crippen LogP contribution in [0.1, 0.15) is 36.2 Å². The number of hydrogen-bond acceptors (Lipinski definition) is 6. The summed E-state index contributed by atoms with van der Waals surface area (Å²) < 4.78 is 19.4. The predicted molar refractivity (Wildman–Crippen MR) is 91.9 cm³/mol. The van der Waals surface area contributed by atoms with E-state index in [4.69, 9.17) is 4.74 Å². The molecule has 0 aliphatic carbocycles. The van der Waals surface area contributed by atoms with Crippen LogP contribution in [0.3, 0.4) is 0 Å². The van der Waals surface area contributed by atoms with Gasteiger partial charge in [0.05, 0.1) is 6.10 Å². The predicted octanol–water partition coefficient (Wildman–Crippen LogP) is 1.98. The summed E-state index contributed by atoms with van der Waals surface area (Å²) in [6, 6.07) is 2.05. The van der Waals surface area contributed by atoms with Gasteiger partial charge in [-0.25, -0.2) is 9.18 Å². The van der Waals surface area contributed by atoms with Gasteiger partial charge in [-0.05, 0) is 31.6 Å². The van der Waals surface area contributed by atoms with E-state index in [1.54, 1.807) is 13.8 Å². The Labute approximate surface area is 150 Å². The quantitative estimate of drug-likeness (QED) is 0.608. The monoisotopic (exact) mass is 364 g/mol. The second kappa shape index (κ2) is 8.25. The third-order valence-corrected chi connectivity index (χ3v) is 4.29. The van der Waals surface area contributed by atoms with Gasteiger partial charge in [-0.2, -0.15) is 0 Å². The van der Waals surface area contributed by atoms with Crippen molar-refractivity contribution >= 4 is 17.8 Å². The average molecular weight is 364 g/mol. The molecule has 6 nitrogen and oxygen atoms in total. The van der Waals surface area contributed by atoms with E-state index >= 15 is 0 Å². The number of rotatable bonds is 0. The van der Waals surface area contributed by atoms with Gasteiger partial charge < -0.3 is 20.1 Å². The number of ketones is 1. The van der Waals surface area contributed by atoms with Crippen LogP contribution in [0, 0.1) is 11.7 Å². The Bertz CT molecular complexity index is 755. The van der Waals surface area contributed by atoms with E-state index in [0.29, 0.717) is 0 Å². The van der Waals surface area contributed by atoms with Crippen LogP contribution in [0.15, 0.2) is 30.4 Å². The molecular weight excluding hydrogens is 343 g/mol. The van der Waals surface area contributed by atoms with E-state index < -0.39 is 47.5 Å². The number of fused-ring (bicyclic) bond motifs is 1. The molecule has 2 rings (SSSR count). The highest BCUT2D eigenvalue weighted by atomic mass is 19.1. The summed E-state index contributed by atoms with van der Waals surface area (Å²) in [6.07, 6.45) is 1.21. The highest BCUT2D eigenvalue weighted by Crippen LogP contribution is 2.27. The van der Waals surface area contributed by atoms with Gasteiger partial charge >= 0.3 is 5.97 Å². The second-order valence-corrected chi connectivity index (χ2v) is 6.24. The van der Waals surface area contributed by atoms with E-state index in [2.05, 4.69) is 0 Å². The Hall–Kier alpha value is -2.51. The zero-order valence-electron chi connectivity index (χ0n) is 14.4. The van der Waals surface area contributed by atoms with Gasteiger partial charge in [-0.3, -0.25) is 4.79 Å². The maximum Gasteiger partial charge on any atom is 0.342 e.